The third kappa shape index (κ3) is 5.81. The van der Waals surface area contributed by atoms with Crippen molar-refractivity contribution in [2.75, 3.05) is 6.54 Å². The third-order valence-corrected chi connectivity index (χ3v) is 7.07. The lowest BCUT2D eigenvalue weighted by atomic mass is 9.85. The first kappa shape index (κ1) is 26.3. The van der Waals surface area contributed by atoms with Crippen molar-refractivity contribution >= 4 is 17.8 Å². The zero-order valence-electron chi connectivity index (χ0n) is 21.5. The topological polar surface area (TPSA) is 94.9 Å². The van der Waals surface area contributed by atoms with E-state index in [2.05, 4.69) is 0 Å². The van der Waals surface area contributed by atoms with E-state index in [-0.39, 0.29) is 24.8 Å². The first-order valence-corrected chi connectivity index (χ1v) is 12.6. The van der Waals surface area contributed by atoms with Gasteiger partial charge in [0.2, 0.25) is 0 Å². The van der Waals surface area contributed by atoms with Crippen LogP contribution in [-0.2, 0) is 16.6 Å². The number of benzene rings is 3. The smallest absolute Gasteiger partial charge is 0.309 e. The number of hydrogen-bond donors (Lipinski definition) is 2. The first-order chi connectivity index (χ1) is 17.6. The molecule has 37 heavy (non-hydrogen) atoms. The summed E-state index contributed by atoms with van der Waals surface area (Å²) in [6.07, 6.45) is -0.337. The van der Waals surface area contributed by atoms with Crippen LogP contribution in [0.2, 0.25) is 0 Å². The minimum absolute atomic E-state index is 0.0129. The van der Waals surface area contributed by atoms with Gasteiger partial charge >= 0.3 is 5.97 Å². The third-order valence-electron chi connectivity index (χ3n) is 7.07. The first-order valence-electron chi connectivity index (χ1n) is 12.6. The van der Waals surface area contributed by atoms with Crippen LogP contribution in [0.1, 0.15) is 65.5 Å². The molecule has 3 aromatic rings. The zero-order chi connectivity index (χ0) is 26.7. The van der Waals surface area contributed by atoms with E-state index in [1.807, 2.05) is 81.4 Å². The van der Waals surface area contributed by atoms with E-state index in [9.17, 15) is 24.6 Å². The monoisotopic (exact) mass is 499 g/mol. The lowest BCUT2D eigenvalue weighted by Crippen LogP contribution is -2.36. The Kier molecular flexibility index (Phi) is 7.60. The lowest BCUT2D eigenvalue weighted by molar-refractivity contribution is -0.146. The molecule has 0 fully saturated rings. The van der Waals surface area contributed by atoms with Gasteiger partial charge in [-0.3, -0.25) is 19.3 Å². The Hall–Kier alpha value is -3.77. The molecule has 6 heteroatoms. The van der Waals surface area contributed by atoms with Gasteiger partial charge in [0.1, 0.15) is 0 Å². The average Bonchev–Trinajstić information content (AvgIpc) is 3.12. The molecule has 2 N–H and O–H groups in total. The Balaban J connectivity index is 1.37. The molecule has 2 atom stereocenters. The number of fused-ring (bicyclic) bond motifs is 1. The van der Waals surface area contributed by atoms with Crippen molar-refractivity contribution in [2.24, 2.45) is 5.92 Å². The minimum Gasteiger partial charge on any atom is -0.481 e. The quantitative estimate of drug-likeness (QED) is 0.388. The van der Waals surface area contributed by atoms with E-state index >= 15 is 0 Å². The maximum absolute atomic E-state index is 13.0. The summed E-state index contributed by atoms with van der Waals surface area (Å²) < 4.78 is 0. The molecule has 0 aliphatic carbocycles. The molecule has 0 saturated carbocycles. The molecule has 192 valence electrons. The standard InChI is InChI=1S/C31H33NO5/c1-31(2,3)23-14-15-24-26(19-23)29(35)32(28(24)34)18-17-25(30(36)37)27(33)16-11-20-9-12-22(13-10-20)21-7-5-4-6-8-21/h4-10,12-15,19,25,27,33H,11,16-18H2,1-3H3,(H,36,37). The maximum Gasteiger partial charge on any atom is 0.309 e. The van der Waals surface area contributed by atoms with E-state index in [1.165, 1.54) is 0 Å². The fraction of sp³-hybridized carbons (Fsp3) is 0.323. The molecule has 3 aromatic carbocycles. The zero-order valence-corrected chi connectivity index (χ0v) is 21.5. The highest BCUT2D eigenvalue weighted by Gasteiger charge is 2.37. The highest BCUT2D eigenvalue weighted by molar-refractivity contribution is 6.21. The van der Waals surface area contributed by atoms with Crippen molar-refractivity contribution in [2.45, 2.75) is 51.6 Å². The Bertz CT molecular complexity index is 1290. The summed E-state index contributed by atoms with van der Waals surface area (Å²) in [5, 5.41) is 20.5. The highest BCUT2D eigenvalue weighted by atomic mass is 16.4. The largest absolute Gasteiger partial charge is 0.481 e. The number of carboxylic acids is 1. The Morgan fingerprint density at radius 2 is 1.46 bits per heavy atom. The van der Waals surface area contributed by atoms with Gasteiger partial charge in [0.05, 0.1) is 23.1 Å². The van der Waals surface area contributed by atoms with Gasteiger partial charge in [0.25, 0.3) is 11.8 Å². The summed E-state index contributed by atoms with van der Waals surface area (Å²) in [4.78, 5) is 38.9. The molecular weight excluding hydrogens is 466 g/mol. The number of carboxylic acid groups (broad SMARTS) is 1. The lowest BCUT2D eigenvalue weighted by Gasteiger charge is -2.22. The number of rotatable bonds is 9. The summed E-state index contributed by atoms with van der Waals surface area (Å²) >= 11 is 0. The van der Waals surface area contributed by atoms with Crippen LogP contribution in [0, 0.1) is 5.92 Å². The van der Waals surface area contributed by atoms with Gasteiger partial charge in [-0.2, -0.15) is 0 Å². The van der Waals surface area contributed by atoms with Crippen molar-refractivity contribution in [1.82, 2.24) is 4.90 Å². The summed E-state index contributed by atoms with van der Waals surface area (Å²) in [6.45, 7) is 6.04. The molecule has 0 spiro atoms. The second-order valence-corrected chi connectivity index (χ2v) is 10.7. The van der Waals surface area contributed by atoms with Crippen LogP contribution in [0.5, 0.6) is 0 Å². The predicted octanol–water partition coefficient (Wildman–Crippen LogP) is 5.33. The Morgan fingerprint density at radius 3 is 2.08 bits per heavy atom. The van der Waals surface area contributed by atoms with Gasteiger partial charge < -0.3 is 10.2 Å². The van der Waals surface area contributed by atoms with Crippen LogP contribution in [0.4, 0.5) is 0 Å². The molecule has 6 nitrogen and oxygen atoms in total. The number of carbonyl (C=O) groups is 3. The molecule has 2 amide bonds. The fourth-order valence-corrected chi connectivity index (χ4v) is 4.72. The Labute approximate surface area is 217 Å². The number of nitrogens with zero attached hydrogens (tertiary/aromatic N) is 1. The van der Waals surface area contributed by atoms with E-state index in [0.29, 0.717) is 17.5 Å². The SMILES string of the molecule is CC(C)(C)c1ccc2c(c1)C(=O)N(CCC(C(=O)O)C(O)CCc1ccc(-c3ccccc3)cc1)C2=O. The van der Waals surface area contributed by atoms with Crippen LogP contribution < -0.4 is 0 Å². The van der Waals surface area contributed by atoms with Crippen molar-refractivity contribution in [3.05, 3.63) is 95.1 Å². The number of aliphatic hydroxyl groups excluding tert-OH is 1. The van der Waals surface area contributed by atoms with E-state index in [1.54, 1.807) is 12.1 Å². The minimum atomic E-state index is -1.14. The molecule has 0 radical (unpaired) electrons. The van der Waals surface area contributed by atoms with E-state index in [4.69, 9.17) is 0 Å². The van der Waals surface area contributed by atoms with Gasteiger partial charge in [-0.15, -0.1) is 0 Å². The van der Waals surface area contributed by atoms with E-state index < -0.39 is 29.8 Å². The second-order valence-electron chi connectivity index (χ2n) is 10.7. The van der Waals surface area contributed by atoms with Gasteiger partial charge in [-0.1, -0.05) is 81.4 Å². The van der Waals surface area contributed by atoms with Crippen LogP contribution in [-0.4, -0.2) is 45.5 Å². The summed E-state index contributed by atoms with van der Waals surface area (Å²) in [5.41, 5.74) is 4.66. The number of amides is 2. The maximum atomic E-state index is 13.0. The predicted molar refractivity (Wildman–Crippen MR) is 142 cm³/mol. The number of aryl methyl sites for hydroxylation is 1. The Morgan fingerprint density at radius 1 is 0.838 bits per heavy atom. The molecule has 1 aliphatic rings. The van der Waals surface area contributed by atoms with Gasteiger partial charge in [0.15, 0.2) is 0 Å². The second kappa shape index (κ2) is 10.7. The molecule has 1 heterocycles. The summed E-state index contributed by atoms with van der Waals surface area (Å²) in [6, 6.07) is 23.3. The van der Waals surface area contributed by atoms with Crippen LogP contribution >= 0.6 is 0 Å². The normalized spacial score (nSPS) is 15.0. The number of carbonyl (C=O) groups excluding carboxylic acids is 2. The average molecular weight is 500 g/mol. The molecule has 1 aliphatic heterocycles. The van der Waals surface area contributed by atoms with E-state index in [0.717, 1.165) is 27.2 Å². The summed E-state index contributed by atoms with van der Waals surface area (Å²) in [7, 11) is 0. The molecule has 4 rings (SSSR count). The van der Waals surface area contributed by atoms with Crippen molar-refractivity contribution in [1.29, 1.82) is 0 Å². The van der Waals surface area contributed by atoms with Crippen LogP contribution in [0.15, 0.2) is 72.8 Å². The van der Waals surface area contributed by atoms with Gasteiger partial charge in [0, 0.05) is 6.54 Å². The number of hydrogen-bond acceptors (Lipinski definition) is 4. The number of aliphatic carboxylic acids is 1. The summed E-state index contributed by atoms with van der Waals surface area (Å²) in [5.74, 6) is -3.06. The molecule has 0 aromatic heterocycles. The molecule has 0 bridgehead atoms. The molecule has 2 unspecified atom stereocenters. The molecular formula is C31H33NO5. The van der Waals surface area contributed by atoms with Crippen molar-refractivity contribution in [3.8, 4) is 11.1 Å². The fourth-order valence-electron chi connectivity index (χ4n) is 4.72. The highest BCUT2D eigenvalue weighted by Crippen LogP contribution is 2.30. The van der Waals surface area contributed by atoms with Gasteiger partial charge in [-0.25, -0.2) is 0 Å². The number of imide groups is 1. The van der Waals surface area contributed by atoms with Crippen LogP contribution in [0.3, 0.4) is 0 Å². The van der Waals surface area contributed by atoms with Crippen LogP contribution in [0.25, 0.3) is 11.1 Å². The number of aliphatic hydroxyl groups is 1. The van der Waals surface area contributed by atoms with Gasteiger partial charge in [-0.05, 0) is 59.1 Å². The van der Waals surface area contributed by atoms with Crippen molar-refractivity contribution < 1.29 is 24.6 Å². The molecule has 0 saturated heterocycles. The van der Waals surface area contributed by atoms with Crippen molar-refractivity contribution in [3.63, 3.8) is 0 Å².